The van der Waals surface area contributed by atoms with Gasteiger partial charge in [-0.25, -0.2) is 14.8 Å². The fraction of sp³-hybridized carbons (Fsp3) is 0.480. The summed E-state index contributed by atoms with van der Waals surface area (Å²) in [6.07, 6.45) is 4.49. The fourth-order valence-electron chi connectivity index (χ4n) is 4.70. The number of fused-ring (bicyclic) bond motifs is 1. The van der Waals surface area contributed by atoms with Crippen LogP contribution in [0.15, 0.2) is 34.0 Å². The maximum atomic E-state index is 13.4. The molecule has 10 heteroatoms. The number of aromatic nitrogens is 4. The van der Waals surface area contributed by atoms with Gasteiger partial charge in [0.15, 0.2) is 5.65 Å². The molecule has 0 radical (unpaired) electrons. The van der Waals surface area contributed by atoms with Crippen LogP contribution in [0, 0.1) is 0 Å². The zero-order valence-corrected chi connectivity index (χ0v) is 20.2. The molecule has 10 nitrogen and oxygen atoms in total. The first-order chi connectivity index (χ1) is 16.8. The zero-order chi connectivity index (χ0) is 24.7. The van der Waals surface area contributed by atoms with Gasteiger partial charge >= 0.3 is 5.69 Å². The standard InChI is InChI=1S/C25H30N6O4/c1-4-9-31-22-21(24(33)29-25(31)34)18(10-19(28-22)16-5-6-16)23(32)27-17-7-8-20(26-11-17)30-12-14(2)35-15(3)13-30/h7-8,10-11,14-16H,4-6,9,12-13H2,1-3H3,(H,27,32)(H,29,33,34). The highest BCUT2D eigenvalue weighted by molar-refractivity contribution is 6.11. The molecular weight excluding hydrogens is 448 g/mol. The number of H-pyrrole nitrogens is 1. The molecule has 1 amide bonds. The number of aromatic amines is 1. The maximum absolute atomic E-state index is 13.4. The number of carbonyl (C=O) groups excluding carboxylic acids is 1. The van der Waals surface area contributed by atoms with E-state index in [2.05, 4.69) is 25.2 Å². The van der Waals surface area contributed by atoms with E-state index in [9.17, 15) is 14.4 Å². The van der Waals surface area contributed by atoms with Crippen molar-refractivity contribution in [3.8, 4) is 0 Å². The van der Waals surface area contributed by atoms with Gasteiger partial charge in [0.1, 0.15) is 5.82 Å². The van der Waals surface area contributed by atoms with Gasteiger partial charge in [-0.05, 0) is 51.3 Å². The summed E-state index contributed by atoms with van der Waals surface area (Å²) < 4.78 is 7.23. The van der Waals surface area contributed by atoms with E-state index in [0.717, 1.165) is 37.4 Å². The Bertz CT molecular complexity index is 1370. The molecule has 184 valence electrons. The Morgan fingerprint density at radius 2 is 1.94 bits per heavy atom. The van der Waals surface area contributed by atoms with Crippen LogP contribution in [-0.4, -0.2) is 50.7 Å². The lowest BCUT2D eigenvalue weighted by Gasteiger charge is -2.36. The van der Waals surface area contributed by atoms with Crippen molar-refractivity contribution in [1.82, 2.24) is 19.5 Å². The Balaban J connectivity index is 1.47. The van der Waals surface area contributed by atoms with Gasteiger partial charge in [-0.2, -0.15) is 0 Å². The quantitative estimate of drug-likeness (QED) is 0.558. The highest BCUT2D eigenvalue weighted by Crippen LogP contribution is 2.40. The van der Waals surface area contributed by atoms with Gasteiger partial charge in [0, 0.05) is 31.2 Å². The molecule has 1 aliphatic carbocycles. The van der Waals surface area contributed by atoms with E-state index in [1.807, 2.05) is 26.8 Å². The van der Waals surface area contributed by atoms with Crippen LogP contribution in [0.2, 0.25) is 0 Å². The van der Waals surface area contributed by atoms with Gasteiger partial charge < -0.3 is 15.0 Å². The number of amides is 1. The summed E-state index contributed by atoms with van der Waals surface area (Å²) in [4.78, 5) is 52.3. The van der Waals surface area contributed by atoms with E-state index >= 15 is 0 Å². The van der Waals surface area contributed by atoms with E-state index in [0.29, 0.717) is 18.7 Å². The Labute approximate surface area is 202 Å². The van der Waals surface area contributed by atoms with Crippen molar-refractivity contribution in [1.29, 1.82) is 0 Å². The molecule has 0 spiro atoms. The number of nitrogens with one attached hydrogen (secondary N) is 2. The molecule has 3 aromatic heterocycles. The van der Waals surface area contributed by atoms with Gasteiger partial charge in [-0.15, -0.1) is 0 Å². The molecule has 2 fully saturated rings. The van der Waals surface area contributed by atoms with Crippen molar-refractivity contribution in [3.63, 3.8) is 0 Å². The molecule has 5 rings (SSSR count). The first-order valence-corrected chi connectivity index (χ1v) is 12.2. The monoisotopic (exact) mass is 478 g/mol. The molecule has 2 atom stereocenters. The highest BCUT2D eigenvalue weighted by Gasteiger charge is 2.29. The number of morpholine rings is 1. The minimum Gasteiger partial charge on any atom is -0.372 e. The average Bonchev–Trinajstić information content (AvgIpc) is 3.66. The van der Waals surface area contributed by atoms with E-state index in [-0.39, 0.29) is 34.7 Å². The van der Waals surface area contributed by atoms with Gasteiger partial charge in [0.05, 0.1) is 35.0 Å². The van der Waals surface area contributed by atoms with Crippen molar-refractivity contribution in [2.75, 3.05) is 23.3 Å². The minimum absolute atomic E-state index is 0.115. The number of hydrogen-bond acceptors (Lipinski definition) is 7. The van der Waals surface area contributed by atoms with E-state index in [1.54, 1.807) is 18.3 Å². The van der Waals surface area contributed by atoms with Crippen LogP contribution in [0.25, 0.3) is 11.0 Å². The average molecular weight is 479 g/mol. The first kappa shape index (κ1) is 23.2. The molecule has 35 heavy (non-hydrogen) atoms. The second-order valence-electron chi connectivity index (χ2n) is 9.50. The predicted octanol–water partition coefficient (Wildman–Crippen LogP) is 2.63. The predicted molar refractivity (Wildman–Crippen MR) is 133 cm³/mol. The number of carbonyl (C=O) groups is 1. The van der Waals surface area contributed by atoms with Crippen LogP contribution in [0.3, 0.4) is 0 Å². The molecule has 3 aromatic rings. The van der Waals surface area contributed by atoms with Crippen molar-refractivity contribution in [2.24, 2.45) is 0 Å². The Morgan fingerprint density at radius 1 is 1.20 bits per heavy atom. The van der Waals surface area contributed by atoms with Crippen molar-refractivity contribution in [2.45, 2.75) is 64.7 Å². The van der Waals surface area contributed by atoms with Crippen molar-refractivity contribution >= 4 is 28.4 Å². The van der Waals surface area contributed by atoms with Crippen LogP contribution in [0.4, 0.5) is 11.5 Å². The largest absolute Gasteiger partial charge is 0.372 e. The molecular formula is C25H30N6O4. The molecule has 4 heterocycles. The lowest BCUT2D eigenvalue weighted by atomic mass is 10.1. The second-order valence-corrected chi connectivity index (χ2v) is 9.50. The highest BCUT2D eigenvalue weighted by atomic mass is 16.5. The normalized spacial score (nSPS) is 20.3. The van der Waals surface area contributed by atoms with Gasteiger partial charge in [0.2, 0.25) is 0 Å². The van der Waals surface area contributed by atoms with Gasteiger partial charge in [-0.1, -0.05) is 6.92 Å². The van der Waals surface area contributed by atoms with Gasteiger partial charge in [-0.3, -0.25) is 19.1 Å². The number of ether oxygens (including phenoxy) is 1. The summed E-state index contributed by atoms with van der Waals surface area (Å²) in [7, 11) is 0. The summed E-state index contributed by atoms with van der Waals surface area (Å²) in [5, 5.41) is 2.99. The number of anilines is 2. The Hall–Kier alpha value is -3.53. The molecule has 2 unspecified atom stereocenters. The number of rotatable bonds is 6. The van der Waals surface area contributed by atoms with Crippen LogP contribution >= 0.6 is 0 Å². The summed E-state index contributed by atoms with van der Waals surface area (Å²) in [6.45, 7) is 7.91. The fourth-order valence-corrected chi connectivity index (χ4v) is 4.70. The second kappa shape index (κ2) is 9.26. The van der Waals surface area contributed by atoms with Crippen LogP contribution in [0.5, 0.6) is 0 Å². The summed E-state index contributed by atoms with van der Waals surface area (Å²) in [6, 6.07) is 5.35. The summed E-state index contributed by atoms with van der Waals surface area (Å²) in [5.41, 5.74) is 0.608. The third-order valence-corrected chi connectivity index (χ3v) is 6.41. The van der Waals surface area contributed by atoms with Crippen LogP contribution in [-0.2, 0) is 11.3 Å². The molecule has 2 N–H and O–H groups in total. The third-order valence-electron chi connectivity index (χ3n) is 6.41. The topological polar surface area (TPSA) is 122 Å². The number of nitrogens with zero attached hydrogens (tertiary/aromatic N) is 4. The lowest BCUT2D eigenvalue weighted by molar-refractivity contribution is -0.00545. The molecule has 1 saturated carbocycles. The molecule has 0 aromatic carbocycles. The first-order valence-electron chi connectivity index (χ1n) is 12.2. The summed E-state index contributed by atoms with van der Waals surface area (Å²) >= 11 is 0. The molecule has 1 aliphatic heterocycles. The SMILES string of the molecule is CCCn1c(=O)[nH]c(=O)c2c(C(=O)Nc3ccc(N4CC(C)OC(C)C4)nc3)cc(C3CC3)nc21. The van der Waals surface area contributed by atoms with E-state index in [1.165, 1.54) is 4.57 Å². The van der Waals surface area contributed by atoms with Gasteiger partial charge in [0.25, 0.3) is 11.5 Å². The Morgan fingerprint density at radius 3 is 2.57 bits per heavy atom. The molecule has 0 bridgehead atoms. The zero-order valence-electron chi connectivity index (χ0n) is 20.2. The third kappa shape index (κ3) is 4.70. The number of pyridine rings is 2. The minimum atomic E-state index is -0.610. The number of aryl methyl sites for hydroxylation is 1. The van der Waals surface area contributed by atoms with E-state index < -0.39 is 17.2 Å². The summed E-state index contributed by atoms with van der Waals surface area (Å²) in [5.74, 6) is 0.625. The maximum Gasteiger partial charge on any atom is 0.329 e. The Kier molecular flexibility index (Phi) is 6.14. The number of hydrogen-bond donors (Lipinski definition) is 2. The molecule has 1 saturated heterocycles. The van der Waals surface area contributed by atoms with Crippen molar-refractivity contribution < 1.29 is 9.53 Å². The molecule has 2 aliphatic rings. The smallest absolute Gasteiger partial charge is 0.329 e. The van der Waals surface area contributed by atoms with Crippen LogP contribution < -0.4 is 21.5 Å². The lowest BCUT2D eigenvalue weighted by Crippen LogP contribution is -2.45. The van der Waals surface area contributed by atoms with Crippen LogP contribution in [0.1, 0.15) is 62.0 Å². The van der Waals surface area contributed by atoms with Crippen molar-refractivity contribution in [3.05, 3.63) is 56.5 Å². The van der Waals surface area contributed by atoms with E-state index in [4.69, 9.17) is 4.74 Å².